The number of nitro groups is 1. The van der Waals surface area contributed by atoms with E-state index in [1.807, 2.05) is 0 Å². The second-order valence-electron chi connectivity index (χ2n) is 2.21. The first-order valence-electron chi connectivity index (χ1n) is 3.17. The van der Waals surface area contributed by atoms with Gasteiger partial charge in [0.15, 0.2) is 0 Å². The number of nitro benzene ring substituents is 1. The number of carbonyl (C=O) groups excluding carboxylic acids is 1. The summed E-state index contributed by atoms with van der Waals surface area (Å²) in [6.07, 6.45) is 0. The van der Waals surface area contributed by atoms with E-state index in [9.17, 15) is 20.0 Å². The number of nitrogens with zero attached hydrogens (tertiary/aromatic N) is 1. The molecule has 0 saturated heterocycles. The van der Waals surface area contributed by atoms with E-state index in [0.29, 0.717) is 0 Å². The van der Waals surface area contributed by atoms with Gasteiger partial charge in [0.05, 0.1) is 16.5 Å². The van der Waals surface area contributed by atoms with Crippen molar-refractivity contribution in [3.8, 4) is 0 Å². The van der Waals surface area contributed by atoms with E-state index in [-0.39, 0.29) is 34.6 Å². The number of hydrogen-bond donors (Lipinski definition) is 0. The van der Waals surface area contributed by atoms with Crippen LogP contribution in [0, 0.1) is 10.1 Å². The summed E-state index contributed by atoms with van der Waals surface area (Å²) in [6, 6.07) is 3.24. The first kappa shape index (κ1) is 13.4. The SMILES string of the molecule is O=C([O-])c1cc(Cl)ccc1[N+](=O)[O-].[Na+]. The molecule has 0 aromatic heterocycles. The third-order valence-electron chi connectivity index (χ3n) is 1.38. The standard InChI is InChI=1S/C7H4ClNO4.Na/c8-4-1-2-6(9(12)13)5(3-4)7(10)11;/h1-3H,(H,10,11);/q;+1/p-1. The molecule has 0 aliphatic rings. The van der Waals surface area contributed by atoms with Crippen LogP contribution in [0.1, 0.15) is 10.4 Å². The first-order chi connectivity index (χ1) is 6.02. The summed E-state index contributed by atoms with van der Waals surface area (Å²) in [6.45, 7) is 0. The van der Waals surface area contributed by atoms with Gasteiger partial charge in [-0.25, -0.2) is 0 Å². The van der Waals surface area contributed by atoms with Crippen LogP contribution in [0.2, 0.25) is 5.02 Å². The normalized spacial score (nSPS) is 8.93. The van der Waals surface area contributed by atoms with Crippen LogP contribution in [0.5, 0.6) is 0 Å². The maximum absolute atomic E-state index is 10.4. The molecule has 0 amide bonds. The monoisotopic (exact) mass is 223 g/mol. The molecule has 0 spiro atoms. The van der Waals surface area contributed by atoms with Gasteiger partial charge in [-0.3, -0.25) is 10.1 Å². The Balaban J connectivity index is 0.00000169. The van der Waals surface area contributed by atoms with Crippen molar-refractivity contribution in [2.75, 3.05) is 0 Å². The Kier molecular flexibility index (Phi) is 5.07. The van der Waals surface area contributed by atoms with Crippen LogP contribution in [-0.4, -0.2) is 10.9 Å². The van der Waals surface area contributed by atoms with Gasteiger partial charge < -0.3 is 9.90 Å². The van der Waals surface area contributed by atoms with E-state index in [1.165, 1.54) is 6.07 Å². The number of rotatable bonds is 2. The fraction of sp³-hybridized carbons (Fsp3) is 0. The van der Waals surface area contributed by atoms with E-state index >= 15 is 0 Å². The fourth-order valence-corrected chi connectivity index (χ4v) is 1.00. The van der Waals surface area contributed by atoms with Crippen molar-refractivity contribution in [2.45, 2.75) is 0 Å². The molecule has 1 aromatic rings. The molecule has 5 nitrogen and oxygen atoms in total. The number of carboxylic acids is 1. The minimum absolute atomic E-state index is 0. The van der Waals surface area contributed by atoms with Crippen molar-refractivity contribution in [1.29, 1.82) is 0 Å². The third-order valence-corrected chi connectivity index (χ3v) is 1.61. The zero-order valence-electron chi connectivity index (χ0n) is 7.19. The van der Waals surface area contributed by atoms with Gasteiger partial charge >= 0.3 is 29.6 Å². The molecule has 1 rings (SSSR count). The molecule has 0 atom stereocenters. The Hall–Kier alpha value is -0.620. The van der Waals surface area contributed by atoms with Gasteiger partial charge in [-0.1, -0.05) is 11.6 Å². The van der Waals surface area contributed by atoms with Crippen molar-refractivity contribution < 1.29 is 44.4 Å². The average molecular weight is 224 g/mol. The molecule has 0 aliphatic carbocycles. The fourth-order valence-electron chi connectivity index (χ4n) is 0.831. The number of carbonyl (C=O) groups is 1. The summed E-state index contributed by atoms with van der Waals surface area (Å²) >= 11 is 5.45. The molecule has 0 unspecified atom stereocenters. The van der Waals surface area contributed by atoms with Crippen molar-refractivity contribution in [3.63, 3.8) is 0 Å². The zero-order chi connectivity index (χ0) is 10.0. The number of hydrogen-bond acceptors (Lipinski definition) is 4. The van der Waals surface area contributed by atoms with E-state index in [1.54, 1.807) is 0 Å². The first-order valence-corrected chi connectivity index (χ1v) is 3.55. The minimum Gasteiger partial charge on any atom is -0.545 e. The van der Waals surface area contributed by atoms with Crippen molar-refractivity contribution in [2.24, 2.45) is 0 Å². The molecular formula is C7H3ClNNaO4. The molecule has 7 heteroatoms. The summed E-state index contributed by atoms with van der Waals surface area (Å²) in [5, 5.41) is 20.8. The van der Waals surface area contributed by atoms with Gasteiger partial charge in [-0.05, 0) is 12.1 Å². The Morgan fingerprint density at radius 1 is 1.43 bits per heavy atom. The smallest absolute Gasteiger partial charge is 0.545 e. The summed E-state index contributed by atoms with van der Waals surface area (Å²) in [5.74, 6) is -1.62. The van der Waals surface area contributed by atoms with E-state index < -0.39 is 22.1 Å². The van der Waals surface area contributed by atoms with Crippen LogP contribution < -0.4 is 34.7 Å². The van der Waals surface area contributed by atoms with Crippen LogP contribution in [0.25, 0.3) is 0 Å². The second-order valence-corrected chi connectivity index (χ2v) is 2.64. The topological polar surface area (TPSA) is 83.3 Å². The predicted octanol–water partition coefficient (Wildman–Crippen LogP) is -2.38. The van der Waals surface area contributed by atoms with E-state index in [0.717, 1.165) is 12.1 Å². The molecule has 0 heterocycles. The summed E-state index contributed by atoms with van der Waals surface area (Å²) in [4.78, 5) is 19.9. The molecule has 68 valence electrons. The number of carboxylic acid groups (broad SMARTS) is 1. The van der Waals surface area contributed by atoms with Crippen molar-refractivity contribution in [1.82, 2.24) is 0 Å². The molecule has 1 aromatic carbocycles. The molecule has 0 N–H and O–H groups in total. The number of aromatic carboxylic acids is 1. The Bertz CT molecular complexity index is 382. The van der Waals surface area contributed by atoms with Gasteiger partial charge in [0, 0.05) is 11.1 Å². The van der Waals surface area contributed by atoms with Crippen LogP contribution in [-0.2, 0) is 0 Å². The minimum atomic E-state index is -1.62. The van der Waals surface area contributed by atoms with Crippen molar-refractivity contribution in [3.05, 3.63) is 38.9 Å². The van der Waals surface area contributed by atoms with Gasteiger partial charge in [-0.2, -0.15) is 0 Å². The molecular weight excluding hydrogens is 221 g/mol. The van der Waals surface area contributed by atoms with Crippen LogP contribution in [0.3, 0.4) is 0 Å². The zero-order valence-corrected chi connectivity index (χ0v) is 9.95. The Morgan fingerprint density at radius 2 is 2.00 bits per heavy atom. The molecule has 0 aliphatic heterocycles. The summed E-state index contributed by atoms with van der Waals surface area (Å²) in [7, 11) is 0. The molecule has 0 bridgehead atoms. The molecule has 0 radical (unpaired) electrons. The number of benzene rings is 1. The average Bonchev–Trinajstić information content (AvgIpc) is 2.03. The summed E-state index contributed by atoms with van der Waals surface area (Å²) < 4.78 is 0. The van der Waals surface area contributed by atoms with Crippen LogP contribution in [0.15, 0.2) is 18.2 Å². The Morgan fingerprint density at radius 3 is 2.43 bits per heavy atom. The van der Waals surface area contributed by atoms with Gasteiger partial charge in [-0.15, -0.1) is 0 Å². The molecule has 14 heavy (non-hydrogen) atoms. The second kappa shape index (κ2) is 5.31. The van der Waals surface area contributed by atoms with Gasteiger partial charge in [0.25, 0.3) is 5.69 Å². The maximum atomic E-state index is 10.4. The largest absolute Gasteiger partial charge is 1.00 e. The maximum Gasteiger partial charge on any atom is 1.00 e. The third kappa shape index (κ3) is 2.95. The van der Waals surface area contributed by atoms with E-state index in [2.05, 4.69) is 0 Å². The quantitative estimate of drug-likeness (QED) is 0.318. The van der Waals surface area contributed by atoms with Crippen LogP contribution in [0.4, 0.5) is 5.69 Å². The number of halogens is 1. The summed E-state index contributed by atoms with van der Waals surface area (Å²) in [5.41, 5.74) is -1.04. The van der Waals surface area contributed by atoms with E-state index in [4.69, 9.17) is 11.6 Å². The van der Waals surface area contributed by atoms with Gasteiger partial charge in [0.1, 0.15) is 0 Å². The predicted molar refractivity (Wildman–Crippen MR) is 42.4 cm³/mol. The van der Waals surface area contributed by atoms with Crippen molar-refractivity contribution >= 4 is 23.3 Å². The Labute approximate surface area is 106 Å². The van der Waals surface area contributed by atoms with Crippen LogP contribution >= 0.6 is 11.6 Å². The molecule has 0 saturated carbocycles. The van der Waals surface area contributed by atoms with Gasteiger partial charge in [0.2, 0.25) is 0 Å². The molecule has 0 fully saturated rings.